The summed E-state index contributed by atoms with van der Waals surface area (Å²) in [6.07, 6.45) is 0. The molecule has 0 aliphatic rings. The molecule has 1 amide bonds. The average molecular weight is 441 g/mol. The van der Waals surface area contributed by atoms with Gasteiger partial charge in [0.1, 0.15) is 11.4 Å². The van der Waals surface area contributed by atoms with Crippen LogP contribution in [0.1, 0.15) is 12.5 Å². The molecule has 0 aliphatic heterocycles. The Morgan fingerprint density at radius 2 is 1.34 bits per heavy atom. The molecule has 4 aromatic rings. The predicted molar refractivity (Wildman–Crippen MR) is 129 cm³/mol. The molecule has 0 fully saturated rings. The molecule has 1 atom stereocenters. The molecule has 3 aromatic carbocycles. The van der Waals surface area contributed by atoms with Gasteiger partial charge in [-0.3, -0.25) is 4.79 Å². The standard InChI is InChI=1S/C26H24N4OS/c1-19(25(31)30(2)18-20-12-6-3-7-13-20)32-26-27-23(21-14-8-4-9-15-21)24(28-29-26)22-16-10-5-11-17-22/h3-17,19H,18H2,1-2H3. The Balaban J connectivity index is 1.57. The van der Waals surface area contributed by atoms with E-state index in [0.29, 0.717) is 11.7 Å². The third-order valence-corrected chi connectivity index (χ3v) is 5.97. The SMILES string of the molecule is CC(Sc1nnc(-c2ccccc2)c(-c2ccccc2)n1)C(=O)N(C)Cc1ccccc1. The third kappa shape index (κ3) is 5.21. The van der Waals surface area contributed by atoms with Crippen LogP contribution in [0.15, 0.2) is 96.2 Å². The van der Waals surface area contributed by atoms with Gasteiger partial charge in [-0.25, -0.2) is 4.98 Å². The lowest BCUT2D eigenvalue weighted by atomic mass is 10.0. The molecule has 1 unspecified atom stereocenters. The minimum atomic E-state index is -0.336. The Bertz CT molecular complexity index is 1170. The zero-order chi connectivity index (χ0) is 22.3. The second-order valence-electron chi connectivity index (χ2n) is 7.46. The van der Waals surface area contributed by atoms with Crippen molar-refractivity contribution in [3.8, 4) is 22.5 Å². The highest BCUT2D eigenvalue weighted by molar-refractivity contribution is 8.00. The highest BCUT2D eigenvalue weighted by Crippen LogP contribution is 2.30. The predicted octanol–water partition coefficient (Wildman–Crippen LogP) is 5.34. The minimum Gasteiger partial charge on any atom is -0.340 e. The van der Waals surface area contributed by atoms with Gasteiger partial charge < -0.3 is 4.90 Å². The van der Waals surface area contributed by atoms with Crippen LogP contribution in [0.25, 0.3) is 22.5 Å². The molecule has 6 heteroatoms. The molecule has 4 rings (SSSR count). The van der Waals surface area contributed by atoms with Crippen molar-refractivity contribution in [3.63, 3.8) is 0 Å². The first kappa shape index (κ1) is 21.7. The first-order valence-electron chi connectivity index (χ1n) is 10.4. The number of amides is 1. The number of nitrogens with zero attached hydrogens (tertiary/aromatic N) is 4. The molecule has 0 saturated carbocycles. The normalized spacial score (nSPS) is 11.7. The maximum absolute atomic E-state index is 12.9. The van der Waals surface area contributed by atoms with Crippen LogP contribution in [0.2, 0.25) is 0 Å². The van der Waals surface area contributed by atoms with Crippen molar-refractivity contribution in [3.05, 3.63) is 96.6 Å². The number of hydrogen-bond acceptors (Lipinski definition) is 5. The van der Waals surface area contributed by atoms with E-state index in [4.69, 9.17) is 4.98 Å². The molecule has 32 heavy (non-hydrogen) atoms. The molecule has 0 radical (unpaired) electrons. The zero-order valence-corrected chi connectivity index (χ0v) is 18.9. The lowest BCUT2D eigenvalue weighted by Gasteiger charge is -2.21. The number of carbonyl (C=O) groups is 1. The molecule has 160 valence electrons. The quantitative estimate of drug-likeness (QED) is 0.363. The van der Waals surface area contributed by atoms with Crippen molar-refractivity contribution in [2.45, 2.75) is 23.9 Å². The Labute approximate surface area is 192 Å². The lowest BCUT2D eigenvalue weighted by Crippen LogP contribution is -2.32. The Morgan fingerprint density at radius 1 is 0.812 bits per heavy atom. The van der Waals surface area contributed by atoms with Crippen LogP contribution in [0.3, 0.4) is 0 Å². The number of carbonyl (C=O) groups excluding carboxylic acids is 1. The van der Waals surface area contributed by atoms with Gasteiger partial charge in [-0.1, -0.05) is 103 Å². The maximum atomic E-state index is 12.9. The highest BCUT2D eigenvalue weighted by Gasteiger charge is 2.22. The van der Waals surface area contributed by atoms with Crippen LogP contribution in [-0.4, -0.2) is 38.3 Å². The fraction of sp³-hybridized carbons (Fsp3) is 0.154. The molecule has 0 aliphatic carbocycles. The van der Waals surface area contributed by atoms with Gasteiger partial charge in [0.25, 0.3) is 0 Å². The molecule has 0 spiro atoms. The van der Waals surface area contributed by atoms with Crippen LogP contribution in [0.4, 0.5) is 0 Å². The largest absolute Gasteiger partial charge is 0.340 e. The molecular weight excluding hydrogens is 416 g/mol. The second-order valence-corrected chi connectivity index (χ2v) is 8.77. The summed E-state index contributed by atoms with van der Waals surface area (Å²) in [5, 5.41) is 8.98. The van der Waals surface area contributed by atoms with Gasteiger partial charge >= 0.3 is 0 Å². The summed E-state index contributed by atoms with van der Waals surface area (Å²) in [6, 6.07) is 29.8. The fourth-order valence-electron chi connectivity index (χ4n) is 3.40. The number of thioether (sulfide) groups is 1. The third-order valence-electron chi connectivity index (χ3n) is 5.03. The zero-order valence-electron chi connectivity index (χ0n) is 18.1. The van der Waals surface area contributed by atoms with Crippen LogP contribution in [0.5, 0.6) is 0 Å². The highest BCUT2D eigenvalue weighted by atomic mass is 32.2. The molecule has 1 heterocycles. The monoisotopic (exact) mass is 440 g/mol. The number of aromatic nitrogens is 3. The van der Waals surface area contributed by atoms with E-state index in [-0.39, 0.29) is 11.2 Å². The summed E-state index contributed by atoms with van der Waals surface area (Å²) in [5.74, 6) is 0.0239. The topological polar surface area (TPSA) is 59.0 Å². The second kappa shape index (κ2) is 10.2. The van der Waals surface area contributed by atoms with Gasteiger partial charge in [-0.15, -0.1) is 10.2 Å². The number of hydrogen-bond donors (Lipinski definition) is 0. The van der Waals surface area contributed by atoms with Crippen LogP contribution in [0, 0.1) is 0 Å². The van der Waals surface area contributed by atoms with E-state index in [0.717, 1.165) is 28.1 Å². The van der Waals surface area contributed by atoms with Crippen molar-refractivity contribution in [2.24, 2.45) is 0 Å². The van der Waals surface area contributed by atoms with Crippen molar-refractivity contribution in [1.29, 1.82) is 0 Å². The summed E-state index contributed by atoms with van der Waals surface area (Å²) >= 11 is 1.33. The van der Waals surface area contributed by atoms with Crippen molar-refractivity contribution in [1.82, 2.24) is 20.1 Å². The molecule has 0 N–H and O–H groups in total. The van der Waals surface area contributed by atoms with Gasteiger partial charge in [0.05, 0.1) is 5.25 Å². The molecular formula is C26H24N4OS. The maximum Gasteiger partial charge on any atom is 0.235 e. The van der Waals surface area contributed by atoms with Gasteiger partial charge in [0.2, 0.25) is 11.1 Å². The lowest BCUT2D eigenvalue weighted by molar-refractivity contribution is -0.129. The molecule has 1 aromatic heterocycles. The first-order valence-corrected chi connectivity index (χ1v) is 11.3. The summed E-state index contributed by atoms with van der Waals surface area (Å²) in [7, 11) is 1.82. The fourth-order valence-corrected chi connectivity index (χ4v) is 4.23. The first-order chi connectivity index (χ1) is 15.6. The van der Waals surface area contributed by atoms with Crippen LogP contribution >= 0.6 is 11.8 Å². The van der Waals surface area contributed by atoms with E-state index < -0.39 is 0 Å². The van der Waals surface area contributed by atoms with Gasteiger partial charge in [0.15, 0.2) is 0 Å². The Kier molecular flexibility index (Phi) is 6.92. The summed E-state index contributed by atoms with van der Waals surface area (Å²) in [6.45, 7) is 2.44. The van der Waals surface area contributed by atoms with E-state index >= 15 is 0 Å². The number of benzene rings is 3. The van der Waals surface area contributed by atoms with E-state index in [1.54, 1.807) is 4.90 Å². The smallest absolute Gasteiger partial charge is 0.235 e. The van der Waals surface area contributed by atoms with Gasteiger partial charge in [0, 0.05) is 24.7 Å². The van der Waals surface area contributed by atoms with Crippen molar-refractivity contribution in [2.75, 3.05) is 7.05 Å². The summed E-state index contributed by atoms with van der Waals surface area (Å²) < 4.78 is 0. The van der Waals surface area contributed by atoms with Crippen molar-refractivity contribution < 1.29 is 4.79 Å². The summed E-state index contributed by atoms with van der Waals surface area (Å²) in [5.41, 5.74) is 4.49. The van der Waals surface area contributed by atoms with E-state index in [2.05, 4.69) is 10.2 Å². The number of rotatable bonds is 7. The van der Waals surface area contributed by atoms with E-state index in [1.165, 1.54) is 11.8 Å². The average Bonchev–Trinajstić information content (AvgIpc) is 2.85. The van der Waals surface area contributed by atoms with Crippen LogP contribution < -0.4 is 0 Å². The van der Waals surface area contributed by atoms with E-state index in [9.17, 15) is 4.79 Å². The van der Waals surface area contributed by atoms with Gasteiger partial charge in [-0.05, 0) is 12.5 Å². The van der Waals surface area contributed by atoms with Gasteiger partial charge in [-0.2, -0.15) is 0 Å². The Morgan fingerprint density at radius 3 is 1.94 bits per heavy atom. The molecule has 0 saturated heterocycles. The minimum absolute atomic E-state index is 0.0239. The molecule has 0 bridgehead atoms. The molecule has 5 nitrogen and oxygen atoms in total. The van der Waals surface area contributed by atoms with E-state index in [1.807, 2.05) is 105 Å². The van der Waals surface area contributed by atoms with Crippen LogP contribution in [-0.2, 0) is 11.3 Å². The Hall–Kier alpha value is -3.51. The summed E-state index contributed by atoms with van der Waals surface area (Å²) in [4.78, 5) is 19.5. The van der Waals surface area contributed by atoms with Crippen molar-refractivity contribution >= 4 is 17.7 Å².